The molecule has 4 atom stereocenters. The summed E-state index contributed by atoms with van der Waals surface area (Å²) in [5, 5.41) is 1.72. The van der Waals surface area contributed by atoms with Gasteiger partial charge in [-0.25, -0.2) is 4.90 Å². The molecule has 196 valence electrons. The van der Waals surface area contributed by atoms with Crippen molar-refractivity contribution in [2.75, 3.05) is 11.7 Å². The normalized spacial score (nSPS) is 24.4. The van der Waals surface area contributed by atoms with E-state index in [0.717, 1.165) is 33.0 Å². The standard InChI is InChI=1S/C33H23NO6/c1-17-9-11-21-23-15-22(19-10-12-25-27(14-19)39-16-38-25)28-30(29(23)33(37)40-26(21)13-17)32(36)34(31(28)35)24-8-4-6-18-5-2-3-7-20(18)24/h2-15,22,28-30H,16H2,1H3/t22-,28+,29-,30-/m1/s1. The van der Waals surface area contributed by atoms with Crippen molar-refractivity contribution in [1.82, 2.24) is 0 Å². The van der Waals surface area contributed by atoms with Crippen molar-refractivity contribution in [3.05, 3.63) is 102 Å². The smallest absolute Gasteiger partial charge is 0.319 e. The summed E-state index contributed by atoms with van der Waals surface area (Å²) in [6, 6.07) is 24.6. The molecular weight excluding hydrogens is 506 g/mol. The third-order valence-corrected chi connectivity index (χ3v) is 8.54. The Bertz CT molecular complexity index is 1820. The number of fused-ring (bicyclic) bond motifs is 7. The fraction of sp³-hybridized carbons (Fsp3) is 0.182. The number of carbonyl (C=O) groups is 3. The van der Waals surface area contributed by atoms with Crippen LogP contribution in [0.15, 0.2) is 84.9 Å². The van der Waals surface area contributed by atoms with Gasteiger partial charge in [0.15, 0.2) is 11.5 Å². The first-order valence-electron chi connectivity index (χ1n) is 13.3. The highest BCUT2D eigenvalue weighted by molar-refractivity contribution is 6.27. The number of anilines is 1. The van der Waals surface area contributed by atoms with Crippen LogP contribution in [0.5, 0.6) is 17.2 Å². The van der Waals surface area contributed by atoms with Crippen molar-refractivity contribution in [3.8, 4) is 17.2 Å². The van der Waals surface area contributed by atoms with Crippen molar-refractivity contribution in [1.29, 1.82) is 0 Å². The first kappa shape index (κ1) is 23.0. The number of aryl methyl sites for hydroxylation is 1. The second-order valence-electron chi connectivity index (χ2n) is 10.7. The van der Waals surface area contributed by atoms with Crippen LogP contribution in [0.1, 0.15) is 22.6 Å². The number of esters is 1. The van der Waals surface area contributed by atoms with Crippen molar-refractivity contribution in [2.24, 2.45) is 17.8 Å². The molecule has 0 saturated carbocycles. The maximum absolute atomic E-state index is 14.4. The molecule has 2 amide bonds. The lowest BCUT2D eigenvalue weighted by molar-refractivity contribution is -0.142. The van der Waals surface area contributed by atoms with E-state index >= 15 is 0 Å². The molecular formula is C33H23NO6. The van der Waals surface area contributed by atoms with Crippen molar-refractivity contribution < 1.29 is 28.6 Å². The van der Waals surface area contributed by atoms with Crippen LogP contribution in [-0.4, -0.2) is 24.6 Å². The molecule has 0 N–H and O–H groups in total. The molecule has 0 aromatic heterocycles. The minimum atomic E-state index is -0.913. The Labute approximate surface area is 229 Å². The van der Waals surface area contributed by atoms with Crippen molar-refractivity contribution in [2.45, 2.75) is 12.8 Å². The molecule has 0 bridgehead atoms. The lowest BCUT2D eigenvalue weighted by Crippen LogP contribution is -2.42. The minimum Gasteiger partial charge on any atom is -0.454 e. The van der Waals surface area contributed by atoms with E-state index < -0.39 is 29.6 Å². The second-order valence-corrected chi connectivity index (χ2v) is 10.7. The van der Waals surface area contributed by atoms with E-state index in [2.05, 4.69) is 0 Å². The quantitative estimate of drug-likeness (QED) is 0.197. The summed E-state index contributed by atoms with van der Waals surface area (Å²) in [6.07, 6.45) is 1.98. The van der Waals surface area contributed by atoms with E-state index in [1.807, 2.05) is 85.8 Å². The third kappa shape index (κ3) is 3.14. The van der Waals surface area contributed by atoms with Crippen LogP contribution in [0, 0.1) is 24.7 Å². The van der Waals surface area contributed by atoms with Gasteiger partial charge in [-0.05, 0) is 53.3 Å². The molecule has 7 heteroatoms. The highest BCUT2D eigenvalue weighted by Crippen LogP contribution is 2.55. The Balaban J connectivity index is 1.34. The van der Waals surface area contributed by atoms with Gasteiger partial charge in [-0.2, -0.15) is 0 Å². The molecule has 1 aliphatic carbocycles. The lowest BCUT2D eigenvalue weighted by atomic mass is 9.64. The van der Waals surface area contributed by atoms with Crippen LogP contribution in [0.4, 0.5) is 5.69 Å². The molecule has 4 aromatic carbocycles. The van der Waals surface area contributed by atoms with Crippen LogP contribution in [0.2, 0.25) is 0 Å². The van der Waals surface area contributed by atoms with Gasteiger partial charge in [0.25, 0.3) is 0 Å². The van der Waals surface area contributed by atoms with Gasteiger partial charge in [0, 0.05) is 16.9 Å². The van der Waals surface area contributed by atoms with E-state index in [-0.39, 0.29) is 18.6 Å². The van der Waals surface area contributed by atoms with Gasteiger partial charge in [-0.3, -0.25) is 14.4 Å². The summed E-state index contributed by atoms with van der Waals surface area (Å²) in [7, 11) is 0. The zero-order valence-corrected chi connectivity index (χ0v) is 21.5. The van der Waals surface area contributed by atoms with Gasteiger partial charge in [-0.15, -0.1) is 0 Å². The SMILES string of the molecule is Cc1ccc2c(c1)OC(=O)[C@@H]1C2=C[C@H](c2ccc3c(c2)OCO3)[C@@H]2C(=O)N(c3cccc4ccccc34)C(=O)[C@@H]12. The van der Waals surface area contributed by atoms with E-state index in [9.17, 15) is 14.4 Å². The minimum absolute atomic E-state index is 0.128. The highest BCUT2D eigenvalue weighted by Gasteiger charge is 2.60. The Morgan fingerprint density at radius 2 is 1.57 bits per heavy atom. The zero-order valence-electron chi connectivity index (χ0n) is 21.5. The predicted molar refractivity (Wildman–Crippen MR) is 147 cm³/mol. The number of allylic oxidation sites excluding steroid dienone is 1. The molecule has 0 spiro atoms. The van der Waals surface area contributed by atoms with Crippen LogP contribution < -0.4 is 19.1 Å². The fourth-order valence-electron chi connectivity index (χ4n) is 6.76. The average Bonchev–Trinajstić information content (AvgIpc) is 3.54. The van der Waals surface area contributed by atoms with Gasteiger partial charge in [0.2, 0.25) is 18.6 Å². The molecule has 4 aromatic rings. The third-order valence-electron chi connectivity index (χ3n) is 8.54. The average molecular weight is 530 g/mol. The van der Waals surface area contributed by atoms with Gasteiger partial charge < -0.3 is 14.2 Å². The predicted octanol–water partition coefficient (Wildman–Crippen LogP) is 5.40. The number of rotatable bonds is 2. The van der Waals surface area contributed by atoms with Gasteiger partial charge in [0.1, 0.15) is 5.75 Å². The molecule has 0 unspecified atom stereocenters. The number of benzene rings is 4. The molecule has 3 aliphatic heterocycles. The van der Waals surface area contributed by atoms with Crippen LogP contribution in [-0.2, 0) is 14.4 Å². The summed E-state index contributed by atoms with van der Waals surface area (Å²) in [6.45, 7) is 2.06. The first-order valence-corrected chi connectivity index (χ1v) is 13.3. The Morgan fingerprint density at radius 1 is 0.775 bits per heavy atom. The van der Waals surface area contributed by atoms with Crippen molar-refractivity contribution in [3.63, 3.8) is 0 Å². The molecule has 3 heterocycles. The molecule has 1 fully saturated rings. The van der Waals surface area contributed by atoms with E-state index in [4.69, 9.17) is 14.2 Å². The topological polar surface area (TPSA) is 82.1 Å². The summed E-state index contributed by atoms with van der Waals surface area (Å²) in [5.41, 5.74) is 3.78. The number of ether oxygens (including phenoxy) is 3. The monoisotopic (exact) mass is 529 g/mol. The van der Waals surface area contributed by atoms with Crippen LogP contribution in [0.3, 0.4) is 0 Å². The van der Waals surface area contributed by atoms with Crippen LogP contribution in [0.25, 0.3) is 16.3 Å². The van der Waals surface area contributed by atoms with Crippen molar-refractivity contribution >= 4 is 39.8 Å². The fourth-order valence-corrected chi connectivity index (χ4v) is 6.76. The summed E-state index contributed by atoms with van der Waals surface area (Å²) < 4.78 is 16.9. The molecule has 1 saturated heterocycles. The van der Waals surface area contributed by atoms with Gasteiger partial charge >= 0.3 is 5.97 Å². The highest BCUT2D eigenvalue weighted by atomic mass is 16.7. The maximum atomic E-state index is 14.4. The van der Waals surface area contributed by atoms with Gasteiger partial charge in [0.05, 0.1) is 23.4 Å². The summed E-state index contributed by atoms with van der Waals surface area (Å²) in [5.74, 6) is -2.59. The number of imide groups is 1. The molecule has 8 rings (SSSR count). The number of carbonyl (C=O) groups excluding carboxylic acids is 3. The molecule has 0 radical (unpaired) electrons. The number of nitrogens with zero attached hydrogens (tertiary/aromatic N) is 1. The lowest BCUT2D eigenvalue weighted by Gasteiger charge is -2.38. The van der Waals surface area contributed by atoms with E-state index in [1.54, 1.807) is 6.07 Å². The maximum Gasteiger partial charge on any atom is 0.319 e. The second kappa shape index (κ2) is 8.29. The van der Waals surface area contributed by atoms with E-state index in [1.165, 1.54) is 4.90 Å². The molecule has 7 nitrogen and oxygen atoms in total. The molecule has 40 heavy (non-hydrogen) atoms. The van der Waals surface area contributed by atoms with Crippen LogP contribution >= 0.6 is 0 Å². The Hall–Kier alpha value is -4.91. The summed E-state index contributed by atoms with van der Waals surface area (Å²) >= 11 is 0. The largest absolute Gasteiger partial charge is 0.454 e. The molecule has 4 aliphatic rings. The number of hydrogen-bond acceptors (Lipinski definition) is 6. The van der Waals surface area contributed by atoms with E-state index in [0.29, 0.717) is 22.9 Å². The Kier molecular flexibility index (Phi) is 4.77. The number of amides is 2. The van der Waals surface area contributed by atoms with Gasteiger partial charge in [-0.1, -0.05) is 60.7 Å². The summed E-state index contributed by atoms with van der Waals surface area (Å²) in [4.78, 5) is 43.6. The Morgan fingerprint density at radius 3 is 2.48 bits per heavy atom. The zero-order chi connectivity index (χ0) is 27.1. The number of hydrogen-bond donors (Lipinski definition) is 0. The first-order chi connectivity index (χ1) is 19.5.